The molecule has 0 saturated carbocycles. The van der Waals surface area contributed by atoms with Gasteiger partial charge >= 0.3 is 0 Å². The van der Waals surface area contributed by atoms with Crippen LogP contribution < -0.4 is 14.4 Å². The SMILES string of the molecule is COc1ccc(N(c2ccc(OC)cc2)c2ccc(-c3ccc4c(c3)C(=O)N(CCc3ccncc3)C4=O)cc2)cc1. The number of nitrogens with zero attached hydrogens (tertiary/aromatic N) is 3. The zero-order chi connectivity index (χ0) is 29.1. The lowest BCUT2D eigenvalue weighted by Crippen LogP contribution is -2.31. The Hall–Kier alpha value is -5.43. The lowest BCUT2D eigenvalue weighted by molar-refractivity contribution is 0.0656. The average Bonchev–Trinajstić information content (AvgIpc) is 3.29. The molecular weight excluding hydrogens is 526 g/mol. The predicted molar refractivity (Wildman–Crippen MR) is 163 cm³/mol. The second kappa shape index (κ2) is 11.6. The third-order valence-electron chi connectivity index (χ3n) is 7.46. The van der Waals surface area contributed by atoms with E-state index in [0.29, 0.717) is 24.1 Å². The zero-order valence-corrected chi connectivity index (χ0v) is 23.4. The average molecular weight is 556 g/mol. The molecule has 0 atom stereocenters. The number of hydrogen-bond donors (Lipinski definition) is 0. The highest BCUT2D eigenvalue weighted by atomic mass is 16.5. The summed E-state index contributed by atoms with van der Waals surface area (Å²) in [5.41, 5.74) is 6.64. The topological polar surface area (TPSA) is 72.0 Å². The fourth-order valence-corrected chi connectivity index (χ4v) is 5.18. The molecule has 2 heterocycles. The predicted octanol–water partition coefficient (Wildman–Crippen LogP) is 7.07. The first kappa shape index (κ1) is 26.8. The fourth-order valence-electron chi connectivity index (χ4n) is 5.18. The second-order valence-corrected chi connectivity index (χ2v) is 9.91. The van der Waals surface area contributed by atoms with E-state index in [2.05, 4.69) is 9.88 Å². The van der Waals surface area contributed by atoms with Gasteiger partial charge in [0.25, 0.3) is 11.8 Å². The first-order valence-corrected chi connectivity index (χ1v) is 13.6. The van der Waals surface area contributed by atoms with Gasteiger partial charge in [0, 0.05) is 36.0 Å². The van der Waals surface area contributed by atoms with Crippen LogP contribution in [0.3, 0.4) is 0 Å². The number of rotatable bonds is 9. The Morgan fingerprint density at radius 2 is 1.12 bits per heavy atom. The number of aromatic nitrogens is 1. The van der Waals surface area contributed by atoms with E-state index in [1.165, 1.54) is 4.90 Å². The quantitative estimate of drug-likeness (QED) is 0.181. The maximum absolute atomic E-state index is 13.2. The molecule has 0 saturated heterocycles. The van der Waals surface area contributed by atoms with Crippen molar-refractivity contribution in [2.24, 2.45) is 0 Å². The third-order valence-corrected chi connectivity index (χ3v) is 7.46. The molecule has 1 aliphatic rings. The fraction of sp³-hybridized carbons (Fsp3) is 0.114. The van der Waals surface area contributed by atoms with Crippen molar-refractivity contribution in [3.05, 3.63) is 132 Å². The van der Waals surface area contributed by atoms with Crippen LogP contribution in [0.5, 0.6) is 11.5 Å². The van der Waals surface area contributed by atoms with Crippen LogP contribution in [-0.4, -0.2) is 42.5 Å². The van der Waals surface area contributed by atoms with Gasteiger partial charge in [-0.25, -0.2) is 0 Å². The smallest absolute Gasteiger partial charge is 0.261 e. The molecule has 42 heavy (non-hydrogen) atoms. The molecule has 0 N–H and O–H groups in total. The summed E-state index contributed by atoms with van der Waals surface area (Å²) < 4.78 is 10.7. The standard InChI is InChI=1S/C35H29N3O4/c1-41-30-12-8-28(9-13-30)38(29-10-14-31(42-2)15-11-29)27-6-3-25(4-7-27)26-5-16-32-33(23-26)35(40)37(34(32)39)22-19-24-17-20-36-21-18-24/h3-18,20-21,23H,19,22H2,1-2H3. The van der Waals surface area contributed by atoms with Crippen LogP contribution in [0, 0.1) is 0 Å². The molecule has 0 fully saturated rings. The van der Waals surface area contributed by atoms with Gasteiger partial charge in [-0.05, 0) is 108 Å². The van der Waals surface area contributed by atoms with E-state index < -0.39 is 0 Å². The number of pyridine rings is 1. The van der Waals surface area contributed by atoms with E-state index in [4.69, 9.17) is 9.47 Å². The van der Waals surface area contributed by atoms with Crippen LogP contribution in [-0.2, 0) is 6.42 Å². The number of methoxy groups -OCH3 is 2. The van der Waals surface area contributed by atoms with Gasteiger partial charge in [0.2, 0.25) is 0 Å². The van der Waals surface area contributed by atoms with Gasteiger partial charge in [-0.15, -0.1) is 0 Å². The number of anilines is 3. The van der Waals surface area contributed by atoms with E-state index in [1.54, 1.807) is 32.7 Å². The number of carbonyl (C=O) groups is 2. The van der Waals surface area contributed by atoms with Gasteiger partial charge in [0.15, 0.2) is 0 Å². The van der Waals surface area contributed by atoms with Crippen LogP contribution in [0.25, 0.3) is 11.1 Å². The summed E-state index contributed by atoms with van der Waals surface area (Å²) >= 11 is 0. The number of carbonyl (C=O) groups excluding carboxylic acids is 2. The summed E-state index contributed by atoms with van der Waals surface area (Å²) in [6.45, 7) is 0.326. The molecule has 0 spiro atoms. The van der Waals surface area contributed by atoms with Crippen molar-refractivity contribution in [2.45, 2.75) is 6.42 Å². The highest BCUT2D eigenvalue weighted by Gasteiger charge is 2.35. The van der Waals surface area contributed by atoms with Gasteiger partial charge in [-0.1, -0.05) is 18.2 Å². The molecule has 4 aromatic carbocycles. The summed E-state index contributed by atoms with van der Waals surface area (Å²) in [6.07, 6.45) is 4.01. The van der Waals surface area contributed by atoms with E-state index >= 15 is 0 Å². The van der Waals surface area contributed by atoms with E-state index in [-0.39, 0.29) is 11.8 Å². The molecule has 0 bridgehead atoms. The Bertz CT molecular complexity index is 1670. The summed E-state index contributed by atoms with van der Waals surface area (Å²) in [7, 11) is 3.30. The van der Waals surface area contributed by atoms with Crippen molar-refractivity contribution in [2.75, 3.05) is 25.7 Å². The third kappa shape index (κ3) is 5.20. The molecule has 0 radical (unpaired) electrons. The zero-order valence-electron chi connectivity index (χ0n) is 23.4. The molecule has 6 rings (SSSR count). The van der Waals surface area contributed by atoms with Crippen LogP contribution in [0.4, 0.5) is 17.1 Å². The summed E-state index contributed by atoms with van der Waals surface area (Å²) in [6, 6.07) is 33.2. The van der Waals surface area contributed by atoms with Crippen molar-refractivity contribution in [1.82, 2.24) is 9.88 Å². The van der Waals surface area contributed by atoms with Crippen LogP contribution in [0.15, 0.2) is 116 Å². The highest BCUT2D eigenvalue weighted by molar-refractivity contribution is 6.21. The van der Waals surface area contributed by atoms with Gasteiger partial charge in [0.05, 0.1) is 25.3 Å². The molecule has 0 aliphatic carbocycles. The van der Waals surface area contributed by atoms with Gasteiger partial charge in [0.1, 0.15) is 11.5 Å². The monoisotopic (exact) mass is 555 g/mol. The molecular formula is C35H29N3O4. The lowest BCUT2D eigenvalue weighted by Gasteiger charge is -2.26. The molecule has 208 valence electrons. The van der Waals surface area contributed by atoms with Crippen molar-refractivity contribution in [3.63, 3.8) is 0 Å². The summed E-state index contributed by atoms with van der Waals surface area (Å²) in [5, 5.41) is 0. The Morgan fingerprint density at radius 1 is 0.619 bits per heavy atom. The molecule has 1 aromatic heterocycles. The Balaban J connectivity index is 1.27. The highest BCUT2D eigenvalue weighted by Crippen LogP contribution is 2.37. The largest absolute Gasteiger partial charge is 0.497 e. The first-order chi connectivity index (χ1) is 20.6. The van der Waals surface area contributed by atoms with Gasteiger partial charge < -0.3 is 14.4 Å². The maximum Gasteiger partial charge on any atom is 0.261 e. The van der Waals surface area contributed by atoms with Crippen molar-refractivity contribution < 1.29 is 19.1 Å². The lowest BCUT2D eigenvalue weighted by atomic mass is 10.00. The molecule has 5 aromatic rings. The molecule has 1 aliphatic heterocycles. The molecule has 7 heteroatoms. The van der Waals surface area contributed by atoms with Gasteiger partial charge in [-0.2, -0.15) is 0 Å². The maximum atomic E-state index is 13.2. The normalized spacial score (nSPS) is 12.3. The van der Waals surface area contributed by atoms with Crippen LogP contribution in [0.1, 0.15) is 26.3 Å². The number of fused-ring (bicyclic) bond motifs is 1. The van der Waals surface area contributed by atoms with E-state index in [0.717, 1.165) is 45.3 Å². The Labute approximate surface area is 244 Å². The molecule has 7 nitrogen and oxygen atoms in total. The van der Waals surface area contributed by atoms with E-state index in [9.17, 15) is 9.59 Å². The second-order valence-electron chi connectivity index (χ2n) is 9.91. The van der Waals surface area contributed by atoms with Crippen LogP contribution in [0.2, 0.25) is 0 Å². The summed E-state index contributed by atoms with van der Waals surface area (Å²) in [5.74, 6) is 1.06. The van der Waals surface area contributed by atoms with E-state index in [1.807, 2.05) is 97.1 Å². The van der Waals surface area contributed by atoms with Crippen LogP contribution >= 0.6 is 0 Å². The first-order valence-electron chi connectivity index (χ1n) is 13.6. The number of amides is 2. The molecule has 0 unspecified atom stereocenters. The summed E-state index contributed by atoms with van der Waals surface area (Å²) in [4.78, 5) is 33.8. The minimum Gasteiger partial charge on any atom is -0.497 e. The van der Waals surface area contributed by atoms with Crippen molar-refractivity contribution in [1.29, 1.82) is 0 Å². The van der Waals surface area contributed by atoms with Gasteiger partial charge in [-0.3, -0.25) is 19.5 Å². The van der Waals surface area contributed by atoms with Crippen molar-refractivity contribution in [3.8, 4) is 22.6 Å². The number of ether oxygens (including phenoxy) is 2. The Kier molecular flexibility index (Phi) is 7.39. The number of benzene rings is 4. The Morgan fingerprint density at radius 3 is 1.67 bits per heavy atom. The number of hydrogen-bond acceptors (Lipinski definition) is 6. The van der Waals surface area contributed by atoms with Crippen molar-refractivity contribution >= 4 is 28.9 Å². The minimum absolute atomic E-state index is 0.249. The molecule has 2 amide bonds. The minimum atomic E-state index is -0.257. The number of imide groups is 1.